The van der Waals surface area contributed by atoms with Crippen molar-refractivity contribution in [3.8, 4) is 0 Å². The third-order valence-corrected chi connectivity index (χ3v) is 3.09. The van der Waals surface area contributed by atoms with Gasteiger partial charge in [-0.15, -0.1) is 0 Å². The van der Waals surface area contributed by atoms with Gasteiger partial charge in [0.1, 0.15) is 0 Å². The number of amides is 1. The molecule has 0 saturated carbocycles. The van der Waals surface area contributed by atoms with E-state index in [2.05, 4.69) is 5.32 Å². The number of fused-ring (bicyclic) bond motifs is 2. The number of Topliss-reactive ketones (excluding diaryl/α,β-unsaturated/α-hetero) is 1. The van der Waals surface area contributed by atoms with Crippen LogP contribution >= 0.6 is 0 Å². The molecule has 2 aromatic carbocycles. The first-order valence-corrected chi connectivity index (χ1v) is 5.77. The summed E-state index contributed by atoms with van der Waals surface area (Å²) in [6, 6.07) is 14.3. The first-order chi connectivity index (χ1) is 8.75. The second-order valence-electron chi connectivity index (χ2n) is 4.26. The predicted octanol–water partition coefficient (Wildman–Crippen LogP) is 2.68. The van der Waals surface area contributed by atoms with Crippen molar-refractivity contribution < 1.29 is 9.59 Å². The first kappa shape index (κ1) is 10.7. The van der Waals surface area contributed by atoms with Crippen LogP contribution in [-0.2, 0) is 6.42 Å². The number of carbonyl (C=O) groups excluding carboxylic acids is 2. The second kappa shape index (κ2) is 4.11. The first-order valence-electron chi connectivity index (χ1n) is 5.77. The lowest BCUT2D eigenvalue weighted by molar-refractivity contribution is 0.0968. The van der Waals surface area contributed by atoms with Crippen LogP contribution in [0, 0.1) is 0 Å². The molecule has 1 N–H and O–H groups in total. The molecule has 1 aliphatic rings. The van der Waals surface area contributed by atoms with Crippen molar-refractivity contribution in [3.05, 3.63) is 65.2 Å². The highest BCUT2D eigenvalue weighted by Crippen LogP contribution is 2.23. The summed E-state index contributed by atoms with van der Waals surface area (Å²) in [7, 11) is 0. The molecule has 0 aromatic heterocycles. The van der Waals surface area contributed by atoms with Gasteiger partial charge in [-0.2, -0.15) is 0 Å². The van der Waals surface area contributed by atoms with Gasteiger partial charge in [0, 0.05) is 17.7 Å². The molecule has 3 heteroatoms. The van der Waals surface area contributed by atoms with E-state index in [0.29, 0.717) is 23.2 Å². The maximum absolute atomic E-state index is 12.2. The van der Waals surface area contributed by atoms with E-state index in [4.69, 9.17) is 0 Å². The van der Waals surface area contributed by atoms with Gasteiger partial charge < -0.3 is 5.32 Å². The molecule has 0 fully saturated rings. The maximum atomic E-state index is 12.2. The Morgan fingerprint density at radius 3 is 2.33 bits per heavy atom. The minimum absolute atomic E-state index is 0.0205. The van der Waals surface area contributed by atoms with E-state index in [1.165, 1.54) is 0 Å². The molecule has 3 nitrogen and oxygen atoms in total. The molecular formula is C15H11NO2. The fourth-order valence-electron chi connectivity index (χ4n) is 2.18. The molecule has 1 aliphatic heterocycles. The van der Waals surface area contributed by atoms with E-state index in [1.807, 2.05) is 24.3 Å². The van der Waals surface area contributed by atoms with Gasteiger partial charge in [-0.3, -0.25) is 9.59 Å². The number of ketones is 1. The fraction of sp³-hybridized carbons (Fsp3) is 0.0667. The van der Waals surface area contributed by atoms with E-state index in [9.17, 15) is 9.59 Å². The molecule has 0 saturated heterocycles. The van der Waals surface area contributed by atoms with Gasteiger partial charge >= 0.3 is 0 Å². The monoisotopic (exact) mass is 237 g/mol. The Labute approximate surface area is 104 Å². The molecular weight excluding hydrogens is 226 g/mol. The molecule has 3 rings (SSSR count). The molecule has 1 heterocycles. The standard InChI is InChI=1S/C15H11NO2/c17-14-9-10-5-1-4-8-13(10)16-15(18)12-7-3-2-6-11(12)14/h1-8H,9H2,(H,16,18). The van der Waals surface area contributed by atoms with Gasteiger partial charge in [-0.25, -0.2) is 0 Å². The van der Waals surface area contributed by atoms with E-state index >= 15 is 0 Å². The lowest BCUT2D eigenvalue weighted by atomic mass is 9.95. The van der Waals surface area contributed by atoms with Crippen LogP contribution in [0.15, 0.2) is 48.5 Å². The third-order valence-electron chi connectivity index (χ3n) is 3.09. The summed E-state index contributed by atoms with van der Waals surface area (Å²) >= 11 is 0. The topological polar surface area (TPSA) is 46.2 Å². The quantitative estimate of drug-likeness (QED) is 0.765. The van der Waals surface area contributed by atoms with Crippen molar-refractivity contribution >= 4 is 17.4 Å². The van der Waals surface area contributed by atoms with Crippen LogP contribution < -0.4 is 5.32 Å². The van der Waals surface area contributed by atoms with Gasteiger partial charge in [0.15, 0.2) is 5.78 Å². The number of rotatable bonds is 0. The van der Waals surface area contributed by atoms with E-state index in [-0.39, 0.29) is 11.7 Å². The summed E-state index contributed by atoms with van der Waals surface area (Å²) in [5, 5.41) is 2.85. The van der Waals surface area contributed by atoms with E-state index < -0.39 is 0 Å². The zero-order valence-corrected chi connectivity index (χ0v) is 9.64. The van der Waals surface area contributed by atoms with Crippen molar-refractivity contribution in [2.75, 3.05) is 5.32 Å². The molecule has 0 aliphatic carbocycles. The van der Waals surface area contributed by atoms with Crippen molar-refractivity contribution in [2.24, 2.45) is 0 Å². The maximum Gasteiger partial charge on any atom is 0.256 e. The SMILES string of the molecule is O=C1Cc2ccccc2NC(=O)c2ccccc21. The Kier molecular flexibility index (Phi) is 2.45. The van der Waals surface area contributed by atoms with Crippen molar-refractivity contribution in [3.63, 3.8) is 0 Å². The average molecular weight is 237 g/mol. The molecule has 1 amide bonds. The van der Waals surface area contributed by atoms with Crippen LogP contribution in [0.3, 0.4) is 0 Å². The largest absolute Gasteiger partial charge is 0.322 e. The molecule has 0 radical (unpaired) electrons. The zero-order chi connectivity index (χ0) is 12.5. The Balaban J connectivity index is 2.16. The lowest BCUT2D eigenvalue weighted by Crippen LogP contribution is -2.21. The van der Waals surface area contributed by atoms with Gasteiger partial charge in [-0.1, -0.05) is 36.4 Å². The Morgan fingerprint density at radius 1 is 0.833 bits per heavy atom. The second-order valence-corrected chi connectivity index (χ2v) is 4.26. The fourth-order valence-corrected chi connectivity index (χ4v) is 2.18. The third kappa shape index (κ3) is 1.70. The van der Waals surface area contributed by atoms with Crippen LogP contribution in [0.4, 0.5) is 5.69 Å². The summed E-state index contributed by atoms with van der Waals surface area (Å²) in [6.45, 7) is 0. The van der Waals surface area contributed by atoms with E-state index in [1.54, 1.807) is 24.3 Å². The summed E-state index contributed by atoms with van der Waals surface area (Å²) < 4.78 is 0. The highest BCUT2D eigenvalue weighted by Gasteiger charge is 2.21. The summed E-state index contributed by atoms with van der Waals surface area (Å²) in [6.07, 6.45) is 0.313. The molecule has 18 heavy (non-hydrogen) atoms. The van der Waals surface area contributed by atoms with Crippen LogP contribution in [0.1, 0.15) is 26.3 Å². The number of hydrogen-bond donors (Lipinski definition) is 1. The normalized spacial score (nSPS) is 14.0. The minimum Gasteiger partial charge on any atom is -0.322 e. The van der Waals surface area contributed by atoms with Crippen molar-refractivity contribution in [1.82, 2.24) is 0 Å². The lowest BCUT2D eigenvalue weighted by Gasteiger charge is -2.16. The summed E-state index contributed by atoms with van der Waals surface area (Å²) in [4.78, 5) is 24.3. The van der Waals surface area contributed by atoms with Gasteiger partial charge in [0.05, 0.1) is 5.56 Å². The predicted molar refractivity (Wildman–Crippen MR) is 68.9 cm³/mol. The molecule has 0 bridgehead atoms. The van der Waals surface area contributed by atoms with Crippen LogP contribution in [0.5, 0.6) is 0 Å². The number of carbonyl (C=O) groups is 2. The van der Waals surface area contributed by atoms with Gasteiger partial charge in [-0.05, 0) is 17.7 Å². The molecule has 2 aromatic rings. The summed E-state index contributed by atoms with van der Waals surface area (Å²) in [5.74, 6) is -0.251. The van der Waals surface area contributed by atoms with Gasteiger partial charge in [0.2, 0.25) is 0 Å². The number of nitrogens with one attached hydrogen (secondary N) is 1. The van der Waals surface area contributed by atoms with Crippen LogP contribution in [0.25, 0.3) is 0 Å². The summed E-state index contributed by atoms with van der Waals surface area (Å²) in [5.41, 5.74) is 2.50. The van der Waals surface area contributed by atoms with Crippen molar-refractivity contribution in [2.45, 2.75) is 6.42 Å². The molecule has 88 valence electrons. The van der Waals surface area contributed by atoms with Gasteiger partial charge in [0.25, 0.3) is 5.91 Å². The molecule has 0 atom stereocenters. The zero-order valence-electron chi connectivity index (χ0n) is 9.64. The number of para-hydroxylation sites is 1. The number of hydrogen-bond acceptors (Lipinski definition) is 2. The number of anilines is 1. The highest BCUT2D eigenvalue weighted by molar-refractivity contribution is 6.14. The Bertz CT molecular complexity index is 590. The van der Waals surface area contributed by atoms with E-state index in [0.717, 1.165) is 5.56 Å². The smallest absolute Gasteiger partial charge is 0.256 e. The molecule has 0 unspecified atom stereocenters. The highest BCUT2D eigenvalue weighted by atomic mass is 16.2. The minimum atomic E-state index is -0.230. The average Bonchev–Trinajstić information content (AvgIpc) is 2.39. The van der Waals surface area contributed by atoms with Crippen LogP contribution in [0.2, 0.25) is 0 Å². The molecule has 0 spiro atoms. The number of benzene rings is 2. The van der Waals surface area contributed by atoms with Crippen LogP contribution in [-0.4, -0.2) is 11.7 Å². The Morgan fingerprint density at radius 2 is 1.50 bits per heavy atom. The van der Waals surface area contributed by atoms with Crippen molar-refractivity contribution in [1.29, 1.82) is 0 Å². The Hall–Kier alpha value is -2.42.